The molecule has 1 amide bonds. The topological polar surface area (TPSA) is 78.0 Å². The lowest BCUT2D eigenvalue weighted by atomic mass is 9.90. The Morgan fingerprint density at radius 3 is 2.54 bits per heavy atom. The van der Waals surface area contributed by atoms with Gasteiger partial charge in [0.15, 0.2) is 0 Å². The third-order valence-corrected chi connectivity index (χ3v) is 5.41. The van der Waals surface area contributed by atoms with Crippen molar-refractivity contribution >= 4 is 5.91 Å². The minimum Gasteiger partial charge on any atom is -0.338 e. The molecule has 3 atom stereocenters. The fraction of sp³-hybridized carbons (Fsp3) is 0.529. The van der Waals surface area contributed by atoms with E-state index in [4.69, 9.17) is 0 Å². The van der Waals surface area contributed by atoms with E-state index in [0.29, 0.717) is 29.3 Å². The maximum atomic E-state index is 13.1. The number of piperidine rings is 1. The Hall–Kier alpha value is -2.28. The van der Waals surface area contributed by atoms with Crippen molar-refractivity contribution in [1.29, 1.82) is 0 Å². The Balaban J connectivity index is 1.60. The lowest BCUT2D eigenvalue weighted by Gasteiger charge is -2.41. The quantitative estimate of drug-likeness (QED) is 0.919. The third-order valence-electron chi connectivity index (χ3n) is 5.41. The molecule has 1 aliphatic carbocycles. The van der Waals surface area contributed by atoms with Crippen molar-refractivity contribution in [3.05, 3.63) is 29.8 Å². The van der Waals surface area contributed by atoms with Gasteiger partial charge in [-0.1, -0.05) is 18.2 Å². The standard InChI is InChI=1S/C17H22N6O/c1-22(2)15-11-7-8-12(15)10-23(9-11)17(24)14-6-4-3-5-13(14)16-18-20-21-19-16/h3-6,11-12,15H,7-10H2,1-2H3,(H,18,19,20,21)/t11-,12+,15?. The Morgan fingerprint density at radius 2 is 1.92 bits per heavy atom. The number of hydrogen-bond acceptors (Lipinski definition) is 5. The maximum absolute atomic E-state index is 13.1. The third kappa shape index (κ3) is 2.49. The Morgan fingerprint density at radius 1 is 1.21 bits per heavy atom. The van der Waals surface area contributed by atoms with Crippen molar-refractivity contribution in [2.75, 3.05) is 27.2 Å². The predicted molar refractivity (Wildman–Crippen MR) is 89.2 cm³/mol. The predicted octanol–water partition coefficient (Wildman–Crippen LogP) is 1.28. The summed E-state index contributed by atoms with van der Waals surface area (Å²) >= 11 is 0. The van der Waals surface area contributed by atoms with Crippen molar-refractivity contribution in [2.24, 2.45) is 11.8 Å². The fourth-order valence-electron chi connectivity index (χ4n) is 4.51. The highest BCUT2D eigenvalue weighted by Gasteiger charge is 2.44. The van der Waals surface area contributed by atoms with E-state index in [1.807, 2.05) is 29.2 Å². The molecule has 1 saturated heterocycles. The molecule has 1 saturated carbocycles. The summed E-state index contributed by atoms with van der Waals surface area (Å²) in [4.78, 5) is 17.5. The van der Waals surface area contributed by atoms with E-state index in [2.05, 4.69) is 39.6 Å². The van der Waals surface area contributed by atoms with Gasteiger partial charge >= 0.3 is 0 Å². The van der Waals surface area contributed by atoms with Crippen molar-refractivity contribution in [3.63, 3.8) is 0 Å². The number of carbonyl (C=O) groups excluding carboxylic acids is 1. The van der Waals surface area contributed by atoms with Crippen LogP contribution in [0.3, 0.4) is 0 Å². The molecule has 2 aromatic rings. The average molecular weight is 326 g/mol. The van der Waals surface area contributed by atoms with E-state index < -0.39 is 0 Å². The van der Waals surface area contributed by atoms with Crippen LogP contribution >= 0.6 is 0 Å². The van der Waals surface area contributed by atoms with Crippen molar-refractivity contribution in [2.45, 2.75) is 18.9 Å². The molecule has 1 aromatic heterocycles. The normalized spacial score (nSPS) is 26.1. The number of amides is 1. The van der Waals surface area contributed by atoms with Crippen molar-refractivity contribution in [1.82, 2.24) is 30.4 Å². The average Bonchev–Trinajstić information content (AvgIpc) is 3.21. The highest BCUT2D eigenvalue weighted by molar-refractivity contribution is 6.00. The highest BCUT2D eigenvalue weighted by atomic mass is 16.2. The van der Waals surface area contributed by atoms with Gasteiger partial charge in [0, 0.05) is 24.7 Å². The summed E-state index contributed by atoms with van der Waals surface area (Å²) < 4.78 is 0. The van der Waals surface area contributed by atoms with Gasteiger partial charge < -0.3 is 9.80 Å². The minimum absolute atomic E-state index is 0.0736. The molecule has 24 heavy (non-hydrogen) atoms. The van der Waals surface area contributed by atoms with Crippen molar-refractivity contribution in [3.8, 4) is 11.4 Å². The number of aromatic nitrogens is 4. The summed E-state index contributed by atoms with van der Waals surface area (Å²) in [6, 6.07) is 8.11. The molecule has 2 heterocycles. The summed E-state index contributed by atoms with van der Waals surface area (Å²) in [6.07, 6.45) is 2.42. The van der Waals surface area contributed by atoms with E-state index in [1.54, 1.807) is 0 Å². The second-order valence-corrected chi connectivity index (χ2v) is 7.04. The summed E-state index contributed by atoms with van der Waals surface area (Å²) in [6.45, 7) is 1.66. The van der Waals surface area contributed by atoms with Gasteiger partial charge in [0.2, 0.25) is 5.82 Å². The molecule has 0 spiro atoms. The Labute approximate surface area is 141 Å². The minimum atomic E-state index is 0.0736. The summed E-state index contributed by atoms with van der Waals surface area (Å²) in [5.41, 5.74) is 1.39. The molecule has 1 aliphatic heterocycles. The number of likely N-dealkylation sites (tertiary alicyclic amines) is 1. The molecule has 126 valence electrons. The van der Waals surface area contributed by atoms with Crippen LogP contribution in [0.2, 0.25) is 0 Å². The first-order valence-corrected chi connectivity index (χ1v) is 8.43. The van der Waals surface area contributed by atoms with Gasteiger partial charge in [-0.05, 0) is 50.1 Å². The molecule has 1 unspecified atom stereocenters. The number of H-pyrrole nitrogens is 1. The zero-order valence-corrected chi connectivity index (χ0v) is 14.0. The van der Waals surface area contributed by atoms with Crippen LogP contribution in [0.1, 0.15) is 23.2 Å². The van der Waals surface area contributed by atoms with Crippen LogP contribution in [0.25, 0.3) is 11.4 Å². The summed E-state index contributed by atoms with van der Waals surface area (Å²) in [5.74, 6) is 1.68. The first-order valence-electron chi connectivity index (χ1n) is 8.43. The lowest BCUT2D eigenvalue weighted by molar-refractivity contribution is 0.0488. The maximum Gasteiger partial charge on any atom is 0.254 e. The number of fused-ring (bicyclic) bond motifs is 2. The number of carbonyl (C=O) groups is 1. The molecule has 2 aliphatic rings. The van der Waals surface area contributed by atoms with Gasteiger partial charge in [0.05, 0.1) is 5.56 Å². The largest absolute Gasteiger partial charge is 0.338 e. The number of benzene rings is 1. The molecule has 1 aromatic carbocycles. The molecule has 2 bridgehead atoms. The van der Waals surface area contributed by atoms with Crippen LogP contribution in [0.4, 0.5) is 0 Å². The Bertz CT molecular complexity index is 714. The van der Waals surface area contributed by atoms with E-state index >= 15 is 0 Å². The number of nitrogens with zero attached hydrogens (tertiary/aromatic N) is 5. The number of nitrogens with one attached hydrogen (secondary N) is 1. The van der Waals surface area contributed by atoms with Gasteiger partial charge in [-0.3, -0.25) is 4.79 Å². The second kappa shape index (κ2) is 5.98. The van der Waals surface area contributed by atoms with Gasteiger partial charge in [0.25, 0.3) is 5.91 Å². The number of aromatic amines is 1. The van der Waals surface area contributed by atoms with E-state index in [0.717, 1.165) is 18.7 Å². The first kappa shape index (κ1) is 15.3. The Kier molecular flexibility index (Phi) is 3.80. The zero-order chi connectivity index (χ0) is 16.7. The molecule has 2 fully saturated rings. The van der Waals surface area contributed by atoms with Crippen LogP contribution in [0.15, 0.2) is 24.3 Å². The van der Waals surface area contributed by atoms with Crippen LogP contribution in [0, 0.1) is 11.8 Å². The van der Waals surface area contributed by atoms with Gasteiger partial charge in [-0.25, -0.2) is 0 Å². The lowest BCUT2D eigenvalue weighted by Crippen LogP contribution is -2.52. The van der Waals surface area contributed by atoms with Gasteiger partial charge in [-0.15, -0.1) is 10.2 Å². The van der Waals surface area contributed by atoms with Gasteiger partial charge in [0.1, 0.15) is 0 Å². The zero-order valence-electron chi connectivity index (χ0n) is 14.0. The van der Waals surface area contributed by atoms with E-state index in [9.17, 15) is 4.79 Å². The van der Waals surface area contributed by atoms with E-state index in [1.165, 1.54) is 12.8 Å². The summed E-state index contributed by atoms with van der Waals surface area (Å²) in [7, 11) is 4.30. The highest BCUT2D eigenvalue weighted by Crippen LogP contribution is 2.39. The van der Waals surface area contributed by atoms with Crippen LogP contribution in [-0.4, -0.2) is 69.6 Å². The smallest absolute Gasteiger partial charge is 0.254 e. The molecule has 7 nitrogen and oxygen atoms in total. The monoisotopic (exact) mass is 326 g/mol. The molecule has 1 N–H and O–H groups in total. The van der Waals surface area contributed by atoms with Crippen molar-refractivity contribution < 1.29 is 4.79 Å². The summed E-state index contributed by atoms with van der Waals surface area (Å²) in [5, 5.41) is 14.1. The second-order valence-electron chi connectivity index (χ2n) is 7.04. The molecular weight excluding hydrogens is 304 g/mol. The number of tetrazole rings is 1. The SMILES string of the molecule is CN(C)C1[C@@H]2CC[C@H]1CN(C(=O)c1ccccc1-c1nn[nH]n1)C2. The molecule has 0 radical (unpaired) electrons. The number of hydrogen-bond donors (Lipinski definition) is 1. The van der Waals surface area contributed by atoms with E-state index in [-0.39, 0.29) is 5.91 Å². The van der Waals surface area contributed by atoms with Crippen LogP contribution < -0.4 is 0 Å². The number of rotatable bonds is 3. The van der Waals surface area contributed by atoms with Crippen LogP contribution in [-0.2, 0) is 0 Å². The molecule has 7 heteroatoms. The first-order chi connectivity index (χ1) is 11.6. The fourth-order valence-corrected chi connectivity index (χ4v) is 4.51. The van der Waals surface area contributed by atoms with Crippen LogP contribution in [0.5, 0.6) is 0 Å². The van der Waals surface area contributed by atoms with Gasteiger partial charge in [-0.2, -0.15) is 5.21 Å². The molecule has 4 rings (SSSR count). The molecular formula is C17H22N6O.